The molecule has 0 saturated heterocycles. The number of rotatable bonds is 3. The van der Waals surface area contributed by atoms with Gasteiger partial charge in [-0.1, -0.05) is 23.8 Å². The summed E-state index contributed by atoms with van der Waals surface area (Å²) in [5, 5.41) is 1.06. The van der Waals surface area contributed by atoms with Gasteiger partial charge in [-0.2, -0.15) is 0 Å². The molecule has 1 saturated carbocycles. The van der Waals surface area contributed by atoms with Gasteiger partial charge in [0.2, 0.25) is 0 Å². The van der Waals surface area contributed by atoms with E-state index in [1.807, 2.05) is 0 Å². The van der Waals surface area contributed by atoms with E-state index in [4.69, 9.17) is 0 Å². The highest BCUT2D eigenvalue weighted by atomic mass is 16.1. The highest BCUT2D eigenvalue weighted by Crippen LogP contribution is 2.39. The summed E-state index contributed by atoms with van der Waals surface area (Å²) < 4.78 is 0. The van der Waals surface area contributed by atoms with Crippen LogP contribution in [0.1, 0.15) is 39.9 Å². The molecular weight excluding hydrogens is 282 g/mol. The monoisotopic (exact) mass is 303 g/mol. The Hall–Kier alpha value is -2.35. The smallest absolute Gasteiger partial charge is 0.168 e. The largest absolute Gasteiger partial charge is 0.354 e. The summed E-state index contributed by atoms with van der Waals surface area (Å²) in [4.78, 5) is 16.4. The van der Waals surface area contributed by atoms with Crippen LogP contribution < -0.4 is 0 Å². The minimum absolute atomic E-state index is 0.222. The van der Waals surface area contributed by atoms with Crippen molar-refractivity contribution < 1.29 is 4.79 Å². The van der Waals surface area contributed by atoms with Crippen molar-refractivity contribution in [2.75, 3.05) is 0 Å². The van der Waals surface area contributed by atoms with Crippen LogP contribution in [-0.4, -0.2) is 10.8 Å². The molecule has 23 heavy (non-hydrogen) atoms. The van der Waals surface area contributed by atoms with Crippen LogP contribution in [0.2, 0.25) is 0 Å². The molecule has 1 aliphatic carbocycles. The Labute approximate surface area is 136 Å². The average molecular weight is 303 g/mol. The van der Waals surface area contributed by atoms with Crippen molar-refractivity contribution in [3.05, 3.63) is 58.7 Å². The Bertz CT molecular complexity index is 928. The molecule has 0 atom stereocenters. The fraction of sp³-hybridized carbons (Fsp3) is 0.286. The Morgan fingerprint density at radius 2 is 1.78 bits per heavy atom. The summed E-state index contributed by atoms with van der Waals surface area (Å²) in [5.74, 6) is 0.523. The molecule has 0 spiro atoms. The maximum atomic E-state index is 12.9. The molecule has 2 aromatic carbocycles. The average Bonchev–Trinajstić information content (AvgIpc) is 3.30. The molecule has 1 fully saturated rings. The van der Waals surface area contributed by atoms with E-state index in [-0.39, 0.29) is 5.92 Å². The lowest BCUT2D eigenvalue weighted by Crippen LogP contribution is -2.02. The molecule has 0 unspecified atom stereocenters. The Morgan fingerprint density at radius 3 is 2.48 bits per heavy atom. The van der Waals surface area contributed by atoms with Crippen LogP contribution in [0.25, 0.3) is 22.2 Å². The van der Waals surface area contributed by atoms with Gasteiger partial charge < -0.3 is 4.98 Å². The molecule has 0 amide bonds. The van der Waals surface area contributed by atoms with Crippen LogP contribution in [0.15, 0.2) is 36.4 Å². The summed E-state index contributed by atoms with van der Waals surface area (Å²) in [6, 6.07) is 12.7. The second kappa shape index (κ2) is 5.09. The molecule has 4 rings (SSSR count). The summed E-state index contributed by atoms with van der Waals surface area (Å²) in [5.41, 5.74) is 7.73. The van der Waals surface area contributed by atoms with E-state index in [0.717, 1.165) is 40.6 Å². The normalized spacial score (nSPS) is 14.4. The number of nitrogens with one attached hydrogen (secondary N) is 1. The van der Waals surface area contributed by atoms with Crippen molar-refractivity contribution in [1.29, 1.82) is 0 Å². The molecule has 1 aromatic heterocycles. The molecule has 2 nitrogen and oxygen atoms in total. The fourth-order valence-electron chi connectivity index (χ4n) is 3.22. The second-order valence-electron chi connectivity index (χ2n) is 6.86. The van der Waals surface area contributed by atoms with Crippen molar-refractivity contribution in [2.45, 2.75) is 33.6 Å². The number of aromatic nitrogens is 1. The minimum atomic E-state index is 0.222. The van der Waals surface area contributed by atoms with E-state index < -0.39 is 0 Å². The number of benzene rings is 2. The molecule has 1 aliphatic rings. The van der Waals surface area contributed by atoms with Crippen LogP contribution in [0, 0.1) is 26.7 Å². The van der Waals surface area contributed by atoms with Gasteiger partial charge in [-0.3, -0.25) is 4.79 Å². The predicted molar refractivity (Wildman–Crippen MR) is 95.0 cm³/mol. The van der Waals surface area contributed by atoms with E-state index >= 15 is 0 Å². The van der Waals surface area contributed by atoms with Gasteiger partial charge in [-0.15, -0.1) is 0 Å². The van der Waals surface area contributed by atoms with Crippen molar-refractivity contribution in [3.8, 4) is 11.3 Å². The number of hydrogen-bond acceptors (Lipinski definition) is 1. The predicted octanol–water partition coefficient (Wildman–Crippen LogP) is 5.35. The van der Waals surface area contributed by atoms with Gasteiger partial charge in [0.1, 0.15) is 0 Å². The number of aryl methyl sites for hydroxylation is 3. The lowest BCUT2D eigenvalue weighted by Gasteiger charge is -2.07. The van der Waals surface area contributed by atoms with E-state index in [9.17, 15) is 4.79 Å². The second-order valence-corrected chi connectivity index (χ2v) is 6.86. The van der Waals surface area contributed by atoms with Gasteiger partial charge >= 0.3 is 0 Å². The van der Waals surface area contributed by atoms with Crippen LogP contribution in [-0.2, 0) is 0 Å². The van der Waals surface area contributed by atoms with E-state index in [2.05, 4.69) is 62.2 Å². The molecule has 1 N–H and O–H groups in total. The number of hydrogen-bond donors (Lipinski definition) is 1. The summed E-state index contributed by atoms with van der Waals surface area (Å²) >= 11 is 0. The number of H-pyrrole nitrogens is 1. The zero-order valence-corrected chi connectivity index (χ0v) is 13.9. The molecule has 116 valence electrons. The Balaban J connectivity index is 1.99. The summed E-state index contributed by atoms with van der Waals surface area (Å²) in [7, 11) is 0. The van der Waals surface area contributed by atoms with E-state index in [0.29, 0.717) is 5.78 Å². The van der Waals surface area contributed by atoms with Crippen LogP contribution >= 0.6 is 0 Å². The Morgan fingerprint density at radius 1 is 1.00 bits per heavy atom. The maximum absolute atomic E-state index is 12.9. The minimum Gasteiger partial charge on any atom is -0.354 e. The first kappa shape index (κ1) is 14.3. The number of fused-ring (bicyclic) bond motifs is 1. The van der Waals surface area contributed by atoms with Gasteiger partial charge in [0.05, 0.1) is 11.3 Å². The van der Waals surface area contributed by atoms with E-state index in [1.165, 1.54) is 16.7 Å². The van der Waals surface area contributed by atoms with Gasteiger partial charge in [-0.05, 0) is 68.5 Å². The number of carbonyl (C=O) groups excluding carboxylic acids is 1. The maximum Gasteiger partial charge on any atom is 0.168 e. The zero-order valence-electron chi connectivity index (χ0n) is 13.9. The van der Waals surface area contributed by atoms with Gasteiger partial charge in [0, 0.05) is 16.8 Å². The molecule has 2 heteroatoms. The van der Waals surface area contributed by atoms with Crippen LogP contribution in [0.5, 0.6) is 0 Å². The highest BCUT2D eigenvalue weighted by Gasteiger charge is 2.33. The van der Waals surface area contributed by atoms with Crippen molar-refractivity contribution >= 4 is 16.7 Å². The van der Waals surface area contributed by atoms with Gasteiger partial charge in [0.15, 0.2) is 5.78 Å². The number of ketones is 1. The molecule has 0 aliphatic heterocycles. The quantitative estimate of drug-likeness (QED) is 0.650. The van der Waals surface area contributed by atoms with E-state index in [1.54, 1.807) is 0 Å². The topological polar surface area (TPSA) is 32.9 Å². The zero-order chi connectivity index (χ0) is 16.1. The first-order valence-electron chi connectivity index (χ1n) is 8.29. The summed E-state index contributed by atoms with van der Waals surface area (Å²) in [6.45, 7) is 6.31. The lowest BCUT2D eigenvalue weighted by molar-refractivity contribution is 0.0970. The first-order valence-corrected chi connectivity index (χ1v) is 8.29. The third kappa shape index (κ3) is 2.39. The first-order chi connectivity index (χ1) is 11.0. The third-order valence-corrected chi connectivity index (χ3v) is 4.94. The standard InChI is InChI=1S/C21H21NO/c1-12-4-9-18-17(10-12)19(21(23)15-7-8-15)20(22-18)16-6-5-13(2)14(3)11-16/h4-6,9-11,15,22H,7-8H2,1-3H3. The summed E-state index contributed by atoms with van der Waals surface area (Å²) in [6.07, 6.45) is 2.06. The van der Waals surface area contributed by atoms with Crippen LogP contribution in [0.4, 0.5) is 0 Å². The molecule has 1 heterocycles. The third-order valence-electron chi connectivity index (χ3n) is 4.94. The number of carbonyl (C=O) groups is 1. The fourth-order valence-corrected chi connectivity index (χ4v) is 3.22. The number of Topliss-reactive ketones (excluding diaryl/α,β-unsaturated/α-hetero) is 1. The lowest BCUT2D eigenvalue weighted by atomic mass is 9.97. The SMILES string of the molecule is Cc1ccc2[nH]c(-c3ccc(C)c(C)c3)c(C(=O)C3CC3)c2c1. The molecule has 0 radical (unpaired) electrons. The van der Waals surface area contributed by atoms with Gasteiger partial charge in [-0.25, -0.2) is 0 Å². The molecule has 3 aromatic rings. The van der Waals surface area contributed by atoms with Crippen molar-refractivity contribution in [1.82, 2.24) is 4.98 Å². The molecular formula is C21H21NO. The Kier molecular flexibility index (Phi) is 3.15. The van der Waals surface area contributed by atoms with Crippen LogP contribution in [0.3, 0.4) is 0 Å². The number of aromatic amines is 1. The molecule has 0 bridgehead atoms. The van der Waals surface area contributed by atoms with Crippen molar-refractivity contribution in [2.24, 2.45) is 5.92 Å². The van der Waals surface area contributed by atoms with Gasteiger partial charge in [0.25, 0.3) is 0 Å². The van der Waals surface area contributed by atoms with Crippen molar-refractivity contribution in [3.63, 3.8) is 0 Å². The highest BCUT2D eigenvalue weighted by molar-refractivity contribution is 6.15.